The zero-order valence-electron chi connectivity index (χ0n) is 6.63. The highest BCUT2D eigenvalue weighted by molar-refractivity contribution is 7.80. The van der Waals surface area contributed by atoms with Crippen LogP contribution >= 0.6 is 12.6 Å². The van der Waals surface area contributed by atoms with Crippen LogP contribution in [-0.2, 0) is 9.53 Å². The number of ether oxygens (including phenoxy) is 1. The summed E-state index contributed by atoms with van der Waals surface area (Å²) in [6, 6.07) is 0. The second kappa shape index (κ2) is 4.61. The van der Waals surface area contributed by atoms with Crippen LogP contribution < -0.4 is 0 Å². The van der Waals surface area contributed by atoms with Crippen LogP contribution in [0.2, 0.25) is 0 Å². The zero-order chi connectivity index (χ0) is 8.15. The van der Waals surface area contributed by atoms with Crippen molar-refractivity contribution in [3.63, 3.8) is 0 Å². The van der Waals surface area contributed by atoms with Gasteiger partial charge in [-0.05, 0) is 0 Å². The molecular weight excluding hydrogens is 148 g/mol. The molecule has 0 aromatic heterocycles. The Kier molecular flexibility index (Phi) is 4.52. The summed E-state index contributed by atoms with van der Waals surface area (Å²) in [7, 11) is 0. The fourth-order valence-electron chi connectivity index (χ4n) is 0.388. The Hall–Kier alpha value is -0.180. The summed E-state index contributed by atoms with van der Waals surface area (Å²) in [5.41, 5.74) is 0. The fourth-order valence-corrected chi connectivity index (χ4v) is 0.474. The summed E-state index contributed by atoms with van der Waals surface area (Å²) in [5, 5.41) is 0.277. The molecule has 0 heterocycles. The monoisotopic (exact) mass is 162 g/mol. The molecule has 0 N–H and O–H groups in total. The van der Waals surface area contributed by atoms with E-state index in [1.54, 1.807) is 0 Å². The van der Waals surface area contributed by atoms with Gasteiger partial charge < -0.3 is 4.74 Å². The molecule has 10 heavy (non-hydrogen) atoms. The molecule has 0 aliphatic heterocycles. The van der Waals surface area contributed by atoms with Crippen molar-refractivity contribution in [2.75, 3.05) is 6.61 Å². The summed E-state index contributed by atoms with van der Waals surface area (Å²) in [6.07, 6.45) is 0. The molecule has 0 aromatic carbocycles. The minimum absolute atomic E-state index is 0.221. The topological polar surface area (TPSA) is 26.3 Å². The van der Waals surface area contributed by atoms with Gasteiger partial charge in [-0.2, -0.15) is 12.6 Å². The summed E-state index contributed by atoms with van der Waals surface area (Å²) < 4.78 is 4.78. The van der Waals surface area contributed by atoms with Gasteiger partial charge in [0.15, 0.2) is 0 Å². The van der Waals surface area contributed by atoms with Crippen LogP contribution in [-0.4, -0.2) is 17.8 Å². The highest BCUT2D eigenvalue weighted by atomic mass is 32.1. The van der Waals surface area contributed by atoms with Crippen molar-refractivity contribution in [1.82, 2.24) is 0 Å². The van der Waals surface area contributed by atoms with E-state index in [4.69, 9.17) is 4.74 Å². The quantitative estimate of drug-likeness (QED) is 0.503. The van der Waals surface area contributed by atoms with Crippen molar-refractivity contribution < 1.29 is 9.53 Å². The smallest absolute Gasteiger partial charge is 0.302 e. The van der Waals surface area contributed by atoms with Crippen LogP contribution in [0.4, 0.5) is 0 Å². The molecule has 2 unspecified atom stereocenters. The first-order valence-corrected chi connectivity index (χ1v) is 3.87. The molecule has 0 fully saturated rings. The van der Waals surface area contributed by atoms with E-state index in [2.05, 4.69) is 12.6 Å². The molecule has 2 nitrogen and oxygen atoms in total. The Morgan fingerprint density at radius 3 is 2.40 bits per heavy atom. The van der Waals surface area contributed by atoms with Crippen molar-refractivity contribution in [3.8, 4) is 0 Å². The molecular formula is C7H14O2S. The molecule has 0 saturated carbocycles. The molecule has 0 saturated heterocycles. The van der Waals surface area contributed by atoms with Gasteiger partial charge >= 0.3 is 5.97 Å². The van der Waals surface area contributed by atoms with E-state index in [0.717, 1.165) is 0 Å². The third-order valence-corrected chi connectivity index (χ3v) is 1.88. The minimum atomic E-state index is -0.221. The number of carbonyl (C=O) groups is 1. The van der Waals surface area contributed by atoms with Crippen LogP contribution in [0.25, 0.3) is 0 Å². The van der Waals surface area contributed by atoms with E-state index in [1.165, 1.54) is 6.92 Å². The lowest BCUT2D eigenvalue weighted by Gasteiger charge is -2.13. The van der Waals surface area contributed by atoms with Gasteiger partial charge in [-0.25, -0.2) is 0 Å². The lowest BCUT2D eigenvalue weighted by atomic mass is 10.1. The standard InChI is InChI=1S/C7H14O2S/c1-5(6(2)10)4-9-7(3)8/h5-6,10H,4H2,1-3H3. The van der Waals surface area contributed by atoms with E-state index < -0.39 is 0 Å². The van der Waals surface area contributed by atoms with Crippen molar-refractivity contribution in [2.24, 2.45) is 5.92 Å². The van der Waals surface area contributed by atoms with Crippen molar-refractivity contribution in [3.05, 3.63) is 0 Å². The normalized spacial score (nSPS) is 16.0. The van der Waals surface area contributed by atoms with Crippen LogP contribution in [0.3, 0.4) is 0 Å². The van der Waals surface area contributed by atoms with Crippen LogP contribution in [0.5, 0.6) is 0 Å². The predicted octanol–water partition coefficient (Wildman–Crippen LogP) is 1.50. The maximum absolute atomic E-state index is 10.3. The first-order chi connectivity index (χ1) is 4.54. The summed E-state index contributed by atoms with van der Waals surface area (Å²) in [4.78, 5) is 10.3. The van der Waals surface area contributed by atoms with Crippen LogP contribution in [0.1, 0.15) is 20.8 Å². The Labute approximate surface area is 67.4 Å². The van der Waals surface area contributed by atoms with E-state index >= 15 is 0 Å². The number of hydrogen-bond acceptors (Lipinski definition) is 3. The Bertz CT molecular complexity index is 112. The van der Waals surface area contributed by atoms with Gasteiger partial charge in [-0.1, -0.05) is 13.8 Å². The van der Waals surface area contributed by atoms with Gasteiger partial charge in [0, 0.05) is 18.1 Å². The Morgan fingerprint density at radius 1 is 1.60 bits per heavy atom. The molecule has 2 atom stereocenters. The molecule has 3 heteroatoms. The average molecular weight is 162 g/mol. The maximum atomic E-state index is 10.3. The number of esters is 1. The highest BCUT2D eigenvalue weighted by Crippen LogP contribution is 2.08. The average Bonchev–Trinajstić information content (AvgIpc) is 1.82. The number of hydrogen-bond donors (Lipinski definition) is 1. The largest absolute Gasteiger partial charge is 0.466 e. The molecule has 0 aromatic rings. The predicted molar refractivity (Wildman–Crippen MR) is 44.2 cm³/mol. The summed E-state index contributed by atoms with van der Waals surface area (Å²) in [5.74, 6) is 0.105. The zero-order valence-corrected chi connectivity index (χ0v) is 7.52. The molecule has 0 radical (unpaired) electrons. The lowest BCUT2D eigenvalue weighted by Crippen LogP contribution is -2.16. The van der Waals surface area contributed by atoms with Crippen molar-refractivity contribution in [1.29, 1.82) is 0 Å². The molecule has 0 rings (SSSR count). The third kappa shape index (κ3) is 4.68. The molecule has 0 spiro atoms. The van der Waals surface area contributed by atoms with E-state index in [-0.39, 0.29) is 11.2 Å². The van der Waals surface area contributed by atoms with E-state index in [0.29, 0.717) is 12.5 Å². The van der Waals surface area contributed by atoms with Crippen molar-refractivity contribution >= 4 is 18.6 Å². The van der Waals surface area contributed by atoms with Gasteiger partial charge in [0.2, 0.25) is 0 Å². The van der Waals surface area contributed by atoms with Crippen molar-refractivity contribution in [2.45, 2.75) is 26.0 Å². The molecule has 0 aliphatic rings. The van der Waals surface area contributed by atoms with Gasteiger partial charge in [-0.15, -0.1) is 0 Å². The third-order valence-electron chi connectivity index (χ3n) is 1.37. The summed E-state index contributed by atoms with van der Waals surface area (Å²) in [6.45, 7) is 5.87. The van der Waals surface area contributed by atoms with E-state index in [1.807, 2.05) is 13.8 Å². The van der Waals surface area contributed by atoms with Crippen LogP contribution in [0, 0.1) is 5.92 Å². The number of rotatable bonds is 3. The first kappa shape index (κ1) is 9.82. The molecule has 0 amide bonds. The van der Waals surface area contributed by atoms with Gasteiger partial charge in [0.25, 0.3) is 0 Å². The molecule has 60 valence electrons. The fraction of sp³-hybridized carbons (Fsp3) is 0.857. The van der Waals surface area contributed by atoms with Crippen LogP contribution in [0.15, 0.2) is 0 Å². The summed E-state index contributed by atoms with van der Waals surface area (Å²) >= 11 is 4.20. The molecule has 0 aliphatic carbocycles. The second-order valence-corrected chi connectivity index (χ2v) is 3.34. The Morgan fingerprint density at radius 2 is 2.10 bits per heavy atom. The minimum Gasteiger partial charge on any atom is -0.466 e. The van der Waals surface area contributed by atoms with E-state index in [9.17, 15) is 4.79 Å². The number of thiol groups is 1. The Balaban J connectivity index is 3.39. The number of carbonyl (C=O) groups excluding carboxylic acids is 1. The van der Waals surface area contributed by atoms with Gasteiger partial charge in [0.05, 0.1) is 6.61 Å². The SMILES string of the molecule is CC(=O)OCC(C)C(C)S. The van der Waals surface area contributed by atoms with Gasteiger partial charge in [-0.3, -0.25) is 4.79 Å². The van der Waals surface area contributed by atoms with Gasteiger partial charge in [0.1, 0.15) is 0 Å². The highest BCUT2D eigenvalue weighted by Gasteiger charge is 2.08. The lowest BCUT2D eigenvalue weighted by molar-refractivity contribution is -0.142. The maximum Gasteiger partial charge on any atom is 0.302 e. The molecule has 0 bridgehead atoms. The first-order valence-electron chi connectivity index (χ1n) is 3.35. The second-order valence-electron chi connectivity index (χ2n) is 2.52.